The van der Waals surface area contributed by atoms with Crippen molar-refractivity contribution in [1.29, 1.82) is 0 Å². The maximum absolute atomic E-state index is 12.6. The van der Waals surface area contributed by atoms with E-state index in [1.165, 1.54) is 22.9 Å². The highest BCUT2D eigenvalue weighted by Crippen LogP contribution is 2.43. The topological polar surface area (TPSA) is 26.3 Å². The Bertz CT molecular complexity index is 724. The number of methoxy groups -OCH3 is 1. The Balaban J connectivity index is 1.69. The first-order valence-corrected chi connectivity index (χ1v) is 9.63. The zero-order valence-electron chi connectivity index (χ0n) is 14.7. The Kier molecular flexibility index (Phi) is 5.64. The van der Waals surface area contributed by atoms with Crippen LogP contribution in [0.25, 0.3) is 0 Å². The highest BCUT2D eigenvalue weighted by atomic mass is 32.2. The van der Waals surface area contributed by atoms with Gasteiger partial charge in [-0.3, -0.25) is 4.79 Å². The molecule has 0 bridgehead atoms. The minimum atomic E-state index is 0.136. The van der Waals surface area contributed by atoms with Crippen LogP contribution in [0.2, 0.25) is 0 Å². The molecule has 0 N–H and O–H groups in total. The van der Waals surface area contributed by atoms with Gasteiger partial charge in [-0.2, -0.15) is 0 Å². The number of rotatable bonds is 7. The van der Waals surface area contributed by atoms with Crippen LogP contribution in [0.15, 0.2) is 61.2 Å². The molecule has 1 aliphatic carbocycles. The van der Waals surface area contributed by atoms with Gasteiger partial charge in [0.15, 0.2) is 0 Å². The highest BCUT2D eigenvalue weighted by molar-refractivity contribution is 8.14. The predicted octanol–water partition coefficient (Wildman–Crippen LogP) is 5.32. The molecule has 2 aromatic rings. The number of thioether (sulfide) groups is 1. The average molecular weight is 352 g/mol. The molecule has 0 aromatic heterocycles. The standard InChI is InChI=1S/C22H24O2S/c1-3-4-13-22(14-18-7-5-6-8-19(18)15-22)16-25-21(23)17-9-11-20(24-2)12-10-17/h3,5-12H,1,4,13-16H2,2H3. The fourth-order valence-corrected chi connectivity index (χ4v) is 4.65. The zero-order valence-corrected chi connectivity index (χ0v) is 15.5. The molecule has 0 saturated heterocycles. The Morgan fingerprint density at radius 2 is 1.80 bits per heavy atom. The van der Waals surface area contributed by atoms with Gasteiger partial charge in [-0.05, 0) is 66.5 Å². The summed E-state index contributed by atoms with van der Waals surface area (Å²) in [5.74, 6) is 1.62. The summed E-state index contributed by atoms with van der Waals surface area (Å²) in [5.41, 5.74) is 3.76. The van der Waals surface area contributed by atoms with Crippen LogP contribution >= 0.6 is 11.8 Å². The molecule has 0 unspecified atom stereocenters. The lowest BCUT2D eigenvalue weighted by Gasteiger charge is -2.28. The van der Waals surface area contributed by atoms with Gasteiger partial charge in [0.25, 0.3) is 0 Å². The largest absolute Gasteiger partial charge is 0.497 e. The first-order chi connectivity index (χ1) is 12.2. The molecular formula is C22H24O2S. The SMILES string of the molecule is C=CCCC1(CSC(=O)c2ccc(OC)cc2)Cc2ccccc2C1. The maximum Gasteiger partial charge on any atom is 0.219 e. The third kappa shape index (κ3) is 4.16. The van der Waals surface area contributed by atoms with Gasteiger partial charge in [-0.15, -0.1) is 6.58 Å². The minimum Gasteiger partial charge on any atom is -0.497 e. The molecule has 0 atom stereocenters. The fraction of sp³-hybridized carbons (Fsp3) is 0.318. The van der Waals surface area contributed by atoms with E-state index in [1.807, 2.05) is 30.3 Å². The second kappa shape index (κ2) is 7.92. The van der Waals surface area contributed by atoms with Crippen LogP contribution in [0.1, 0.15) is 34.3 Å². The van der Waals surface area contributed by atoms with Crippen molar-refractivity contribution in [3.63, 3.8) is 0 Å². The van der Waals surface area contributed by atoms with Crippen molar-refractivity contribution in [2.24, 2.45) is 5.41 Å². The van der Waals surface area contributed by atoms with Gasteiger partial charge in [0, 0.05) is 11.3 Å². The summed E-state index contributed by atoms with van der Waals surface area (Å²) in [6.07, 6.45) is 6.17. The Morgan fingerprint density at radius 3 is 2.36 bits per heavy atom. The van der Waals surface area contributed by atoms with E-state index in [0.29, 0.717) is 0 Å². The molecule has 0 amide bonds. The number of benzene rings is 2. The number of ether oxygens (including phenoxy) is 1. The van der Waals surface area contributed by atoms with Crippen molar-refractivity contribution in [1.82, 2.24) is 0 Å². The summed E-state index contributed by atoms with van der Waals surface area (Å²) in [4.78, 5) is 12.6. The van der Waals surface area contributed by atoms with Crippen molar-refractivity contribution >= 4 is 16.9 Å². The first-order valence-electron chi connectivity index (χ1n) is 8.65. The molecule has 0 spiro atoms. The van der Waals surface area contributed by atoms with Gasteiger partial charge in [0.05, 0.1) is 7.11 Å². The van der Waals surface area contributed by atoms with E-state index in [-0.39, 0.29) is 10.5 Å². The zero-order chi connectivity index (χ0) is 17.7. The summed E-state index contributed by atoms with van der Waals surface area (Å²) in [5, 5.41) is 0.136. The smallest absolute Gasteiger partial charge is 0.219 e. The molecule has 0 fully saturated rings. The van der Waals surface area contributed by atoms with Gasteiger partial charge in [-0.25, -0.2) is 0 Å². The fourth-order valence-electron chi connectivity index (χ4n) is 3.56. The van der Waals surface area contributed by atoms with Crippen LogP contribution in [0.4, 0.5) is 0 Å². The van der Waals surface area contributed by atoms with Gasteiger partial charge in [0.1, 0.15) is 5.75 Å². The van der Waals surface area contributed by atoms with Crippen molar-refractivity contribution in [2.75, 3.05) is 12.9 Å². The molecular weight excluding hydrogens is 328 g/mol. The lowest BCUT2D eigenvalue weighted by Crippen LogP contribution is -2.25. The van der Waals surface area contributed by atoms with Crippen LogP contribution in [0.5, 0.6) is 5.75 Å². The number of hydrogen-bond acceptors (Lipinski definition) is 3. The molecule has 3 rings (SSSR count). The summed E-state index contributed by atoms with van der Waals surface area (Å²) in [6.45, 7) is 3.88. The number of carbonyl (C=O) groups is 1. The van der Waals surface area contributed by atoms with Crippen LogP contribution < -0.4 is 4.74 Å². The molecule has 1 aliphatic rings. The molecule has 0 aliphatic heterocycles. The van der Waals surface area contributed by atoms with Gasteiger partial charge in [-0.1, -0.05) is 42.1 Å². The van der Waals surface area contributed by atoms with Gasteiger partial charge in [0.2, 0.25) is 5.12 Å². The summed E-state index contributed by atoms with van der Waals surface area (Å²) in [6, 6.07) is 16.0. The summed E-state index contributed by atoms with van der Waals surface area (Å²) in [7, 11) is 1.63. The van der Waals surface area contributed by atoms with E-state index in [2.05, 4.69) is 30.8 Å². The summed E-state index contributed by atoms with van der Waals surface area (Å²) >= 11 is 1.45. The number of carbonyl (C=O) groups excluding carboxylic acids is 1. The number of fused-ring (bicyclic) bond motifs is 1. The second-order valence-corrected chi connectivity index (χ2v) is 7.70. The number of allylic oxidation sites excluding steroid dienone is 1. The highest BCUT2D eigenvalue weighted by Gasteiger charge is 2.37. The van der Waals surface area contributed by atoms with Crippen LogP contribution in [-0.4, -0.2) is 18.0 Å². The van der Waals surface area contributed by atoms with E-state index in [9.17, 15) is 4.79 Å². The van der Waals surface area contributed by atoms with E-state index in [4.69, 9.17) is 4.74 Å². The molecule has 2 nitrogen and oxygen atoms in total. The van der Waals surface area contributed by atoms with Gasteiger partial charge < -0.3 is 4.74 Å². The first kappa shape index (κ1) is 17.8. The second-order valence-electron chi connectivity index (χ2n) is 6.75. The molecule has 130 valence electrons. The summed E-state index contributed by atoms with van der Waals surface area (Å²) < 4.78 is 5.16. The predicted molar refractivity (Wildman–Crippen MR) is 105 cm³/mol. The Morgan fingerprint density at radius 1 is 1.16 bits per heavy atom. The lowest BCUT2D eigenvalue weighted by molar-refractivity contribution is 0.108. The van der Waals surface area contributed by atoms with Crippen LogP contribution in [0, 0.1) is 5.41 Å². The third-order valence-electron chi connectivity index (χ3n) is 4.96. The van der Waals surface area contributed by atoms with Crippen LogP contribution in [0.3, 0.4) is 0 Å². The minimum absolute atomic E-state index is 0.136. The Hall–Kier alpha value is -2.00. The molecule has 0 saturated carbocycles. The number of hydrogen-bond donors (Lipinski definition) is 0. The van der Waals surface area contributed by atoms with E-state index < -0.39 is 0 Å². The Labute approximate surface area is 154 Å². The van der Waals surface area contributed by atoms with E-state index >= 15 is 0 Å². The molecule has 0 heterocycles. The van der Waals surface area contributed by atoms with Crippen molar-refractivity contribution in [2.45, 2.75) is 25.7 Å². The third-order valence-corrected chi connectivity index (χ3v) is 6.22. The average Bonchev–Trinajstić information content (AvgIpc) is 3.03. The quantitative estimate of drug-likeness (QED) is 0.631. The lowest BCUT2D eigenvalue weighted by atomic mass is 9.82. The normalized spacial score (nSPS) is 14.8. The van der Waals surface area contributed by atoms with Crippen molar-refractivity contribution < 1.29 is 9.53 Å². The molecule has 0 radical (unpaired) electrons. The molecule has 3 heteroatoms. The van der Waals surface area contributed by atoms with E-state index in [0.717, 1.165) is 42.7 Å². The van der Waals surface area contributed by atoms with Crippen molar-refractivity contribution in [3.05, 3.63) is 77.9 Å². The van der Waals surface area contributed by atoms with E-state index in [1.54, 1.807) is 7.11 Å². The van der Waals surface area contributed by atoms with Crippen LogP contribution in [-0.2, 0) is 12.8 Å². The molecule has 25 heavy (non-hydrogen) atoms. The van der Waals surface area contributed by atoms with Crippen molar-refractivity contribution in [3.8, 4) is 5.75 Å². The monoisotopic (exact) mass is 352 g/mol. The molecule has 2 aromatic carbocycles. The van der Waals surface area contributed by atoms with Gasteiger partial charge >= 0.3 is 0 Å². The maximum atomic E-state index is 12.6.